The van der Waals surface area contributed by atoms with Crippen LogP contribution in [-0.2, 0) is 4.74 Å². The van der Waals surface area contributed by atoms with Gasteiger partial charge in [0.25, 0.3) is 0 Å². The number of carboxylic acids is 1. The third-order valence-electron chi connectivity index (χ3n) is 2.62. The zero-order valence-electron chi connectivity index (χ0n) is 10.9. The molecule has 0 fully saturated rings. The highest BCUT2D eigenvalue weighted by molar-refractivity contribution is 5.85. The monoisotopic (exact) mass is 252 g/mol. The van der Waals surface area contributed by atoms with E-state index < -0.39 is 5.97 Å². The van der Waals surface area contributed by atoms with E-state index in [1.54, 1.807) is 13.2 Å². The molecule has 5 heteroatoms. The van der Waals surface area contributed by atoms with E-state index in [4.69, 9.17) is 9.84 Å². The van der Waals surface area contributed by atoms with E-state index in [9.17, 15) is 4.79 Å². The molecule has 0 unspecified atom stereocenters. The quantitative estimate of drug-likeness (QED) is 0.767. The molecule has 0 aliphatic carbocycles. The van der Waals surface area contributed by atoms with E-state index in [1.807, 2.05) is 6.07 Å². The van der Waals surface area contributed by atoms with Gasteiger partial charge in [-0.3, -0.25) is 0 Å². The molecular weight excluding hydrogens is 232 g/mol. The first kappa shape index (κ1) is 14.4. The van der Waals surface area contributed by atoms with Crippen LogP contribution in [0.15, 0.2) is 18.2 Å². The van der Waals surface area contributed by atoms with Gasteiger partial charge in [0.2, 0.25) is 0 Å². The van der Waals surface area contributed by atoms with Crippen molar-refractivity contribution in [2.75, 3.05) is 31.7 Å². The second kappa shape index (κ2) is 7.66. The number of hydrogen-bond donors (Lipinski definition) is 1. The number of carbonyl (C=O) groups is 1. The van der Waals surface area contributed by atoms with E-state index in [2.05, 4.69) is 16.8 Å². The maximum Gasteiger partial charge on any atom is 0.354 e. The largest absolute Gasteiger partial charge is 0.477 e. The molecule has 5 nitrogen and oxygen atoms in total. The number of pyridine rings is 1. The molecule has 0 radical (unpaired) electrons. The van der Waals surface area contributed by atoms with Gasteiger partial charge >= 0.3 is 5.97 Å². The zero-order valence-corrected chi connectivity index (χ0v) is 10.9. The van der Waals surface area contributed by atoms with Crippen molar-refractivity contribution in [3.63, 3.8) is 0 Å². The molecule has 1 rings (SSSR count). The van der Waals surface area contributed by atoms with Crippen molar-refractivity contribution in [2.45, 2.75) is 19.8 Å². The fraction of sp³-hybridized carbons (Fsp3) is 0.538. The number of aromatic carboxylic acids is 1. The van der Waals surface area contributed by atoms with Crippen LogP contribution in [0.2, 0.25) is 0 Å². The third kappa shape index (κ3) is 4.33. The number of aromatic nitrogens is 1. The molecule has 0 aliphatic heterocycles. The average molecular weight is 252 g/mol. The molecule has 1 heterocycles. The van der Waals surface area contributed by atoms with E-state index in [0.717, 1.165) is 19.4 Å². The summed E-state index contributed by atoms with van der Waals surface area (Å²) in [4.78, 5) is 17.1. The van der Waals surface area contributed by atoms with E-state index >= 15 is 0 Å². The van der Waals surface area contributed by atoms with Crippen LogP contribution in [0.5, 0.6) is 0 Å². The maximum absolute atomic E-state index is 10.9. The molecule has 0 saturated carbocycles. The normalized spacial score (nSPS) is 10.3. The first-order valence-corrected chi connectivity index (χ1v) is 6.13. The third-order valence-corrected chi connectivity index (χ3v) is 2.62. The highest BCUT2D eigenvalue weighted by Crippen LogP contribution is 2.12. The molecule has 1 N–H and O–H groups in total. The Morgan fingerprint density at radius 2 is 2.22 bits per heavy atom. The highest BCUT2D eigenvalue weighted by atomic mass is 16.5. The maximum atomic E-state index is 10.9. The number of hydrogen-bond acceptors (Lipinski definition) is 4. The minimum absolute atomic E-state index is 0.0754. The summed E-state index contributed by atoms with van der Waals surface area (Å²) < 4.78 is 5.07. The fourth-order valence-electron chi connectivity index (χ4n) is 1.61. The number of rotatable bonds is 8. The molecule has 0 amide bonds. The summed E-state index contributed by atoms with van der Waals surface area (Å²) in [6, 6.07) is 5.05. The van der Waals surface area contributed by atoms with E-state index in [-0.39, 0.29) is 5.69 Å². The Bertz CT molecular complexity index is 374. The first-order valence-electron chi connectivity index (χ1n) is 6.13. The Kier molecular flexibility index (Phi) is 6.14. The lowest BCUT2D eigenvalue weighted by Gasteiger charge is -2.23. The van der Waals surface area contributed by atoms with Crippen molar-refractivity contribution in [3.8, 4) is 0 Å². The van der Waals surface area contributed by atoms with Crippen LogP contribution < -0.4 is 4.90 Å². The standard InChI is InChI=1S/C13H20N2O3/c1-3-4-8-15(9-10-18-2)12-7-5-6-11(14-12)13(16)17/h5-7H,3-4,8-10H2,1-2H3,(H,16,17). The van der Waals surface area contributed by atoms with Gasteiger partial charge in [0.15, 0.2) is 5.69 Å². The smallest absolute Gasteiger partial charge is 0.354 e. The molecule has 0 saturated heterocycles. The van der Waals surface area contributed by atoms with Crippen LogP contribution in [0.1, 0.15) is 30.3 Å². The van der Waals surface area contributed by atoms with Crippen molar-refractivity contribution in [2.24, 2.45) is 0 Å². The SMILES string of the molecule is CCCCN(CCOC)c1cccc(C(=O)O)n1. The van der Waals surface area contributed by atoms with Crippen molar-refractivity contribution in [3.05, 3.63) is 23.9 Å². The van der Waals surface area contributed by atoms with Gasteiger partial charge in [-0.15, -0.1) is 0 Å². The van der Waals surface area contributed by atoms with Crippen molar-refractivity contribution in [1.29, 1.82) is 0 Å². The Morgan fingerprint density at radius 3 is 2.83 bits per heavy atom. The lowest BCUT2D eigenvalue weighted by atomic mass is 10.3. The van der Waals surface area contributed by atoms with Gasteiger partial charge in [0.1, 0.15) is 5.82 Å². The lowest BCUT2D eigenvalue weighted by molar-refractivity contribution is 0.0690. The molecule has 0 spiro atoms. The Hall–Kier alpha value is -1.62. The molecule has 0 aliphatic rings. The predicted molar refractivity (Wildman–Crippen MR) is 70.2 cm³/mol. The summed E-state index contributed by atoms with van der Waals surface area (Å²) in [6.45, 7) is 4.29. The number of anilines is 1. The molecular formula is C13H20N2O3. The van der Waals surface area contributed by atoms with Gasteiger partial charge in [-0.2, -0.15) is 0 Å². The van der Waals surface area contributed by atoms with Crippen LogP contribution in [-0.4, -0.2) is 42.9 Å². The summed E-state index contributed by atoms with van der Waals surface area (Å²) in [5.74, 6) is -0.306. The molecule has 1 aromatic heterocycles. The van der Waals surface area contributed by atoms with Gasteiger partial charge in [-0.05, 0) is 18.6 Å². The topological polar surface area (TPSA) is 62.7 Å². The number of nitrogens with zero attached hydrogens (tertiary/aromatic N) is 2. The molecule has 100 valence electrons. The van der Waals surface area contributed by atoms with Gasteiger partial charge in [0.05, 0.1) is 6.61 Å². The zero-order chi connectivity index (χ0) is 13.4. The summed E-state index contributed by atoms with van der Waals surface area (Å²) >= 11 is 0. The van der Waals surface area contributed by atoms with E-state index in [1.165, 1.54) is 6.07 Å². The van der Waals surface area contributed by atoms with Gasteiger partial charge < -0.3 is 14.7 Å². The molecule has 0 bridgehead atoms. The highest BCUT2D eigenvalue weighted by Gasteiger charge is 2.10. The molecule has 0 aromatic carbocycles. The van der Waals surface area contributed by atoms with Crippen LogP contribution in [0, 0.1) is 0 Å². The summed E-state index contributed by atoms with van der Waals surface area (Å²) in [5, 5.41) is 8.94. The van der Waals surface area contributed by atoms with Gasteiger partial charge in [-0.1, -0.05) is 19.4 Å². The molecule has 0 atom stereocenters. The van der Waals surface area contributed by atoms with Crippen LogP contribution >= 0.6 is 0 Å². The number of methoxy groups -OCH3 is 1. The summed E-state index contributed by atoms with van der Waals surface area (Å²) in [5.41, 5.74) is 0.0754. The molecule has 1 aromatic rings. The Balaban J connectivity index is 2.82. The molecule has 18 heavy (non-hydrogen) atoms. The van der Waals surface area contributed by atoms with Crippen LogP contribution in [0.25, 0.3) is 0 Å². The second-order valence-corrected chi connectivity index (χ2v) is 4.02. The second-order valence-electron chi connectivity index (χ2n) is 4.02. The minimum Gasteiger partial charge on any atom is -0.477 e. The predicted octanol–water partition coefficient (Wildman–Crippen LogP) is 2.03. The lowest BCUT2D eigenvalue weighted by Crippen LogP contribution is -2.29. The van der Waals surface area contributed by atoms with Gasteiger partial charge in [0, 0.05) is 20.2 Å². The van der Waals surface area contributed by atoms with Crippen LogP contribution in [0.3, 0.4) is 0 Å². The first-order chi connectivity index (χ1) is 8.69. The number of ether oxygens (including phenoxy) is 1. The Labute approximate surface area is 107 Å². The van der Waals surface area contributed by atoms with Crippen LogP contribution in [0.4, 0.5) is 5.82 Å². The van der Waals surface area contributed by atoms with E-state index in [0.29, 0.717) is 19.0 Å². The summed E-state index contributed by atoms with van der Waals surface area (Å²) in [6.07, 6.45) is 2.13. The minimum atomic E-state index is -1.00. The fourth-order valence-corrected chi connectivity index (χ4v) is 1.61. The van der Waals surface area contributed by atoms with Gasteiger partial charge in [-0.25, -0.2) is 9.78 Å². The van der Waals surface area contributed by atoms with Crippen molar-refractivity contribution >= 4 is 11.8 Å². The van der Waals surface area contributed by atoms with Crippen molar-refractivity contribution < 1.29 is 14.6 Å². The number of carboxylic acid groups (broad SMARTS) is 1. The average Bonchev–Trinajstić information content (AvgIpc) is 2.39. The summed E-state index contributed by atoms with van der Waals surface area (Å²) in [7, 11) is 1.65. The number of unbranched alkanes of at least 4 members (excludes halogenated alkanes) is 1. The van der Waals surface area contributed by atoms with Crippen molar-refractivity contribution in [1.82, 2.24) is 4.98 Å². The Morgan fingerprint density at radius 1 is 1.44 bits per heavy atom.